The Kier molecular flexibility index (Phi) is 1.97. The Labute approximate surface area is 108 Å². The van der Waals surface area contributed by atoms with Crippen molar-refractivity contribution in [3.63, 3.8) is 0 Å². The molecule has 0 spiro atoms. The standard InChI is InChI=1S/C14H10N4O/c19-14-5-12-13(17-14)4-8(6-15-12)9-2-1-3-11-10(9)7-16-18-11/h1-4,6-7H,5H2,(H,16,18)(H,17,19). The summed E-state index contributed by atoms with van der Waals surface area (Å²) in [4.78, 5) is 15.7. The van der Waals surface area contributed by atoms with E-state index in [9.17, 15) is 4.79 Å². The molecule has 1 aliphatic heterocycles. The van der Waals surface area contributed by atoms with Gasteiger partial charge in [0.2, 0.25) is 5.91 Å². The number of aromatic nitrogens is 3. The highest BCUT2D eigenvalue weighted by Gasteiger charge is 2.19. The van der Waals surface area contributed by atoms with E-state index < -0.39 is 0 Å². The van der Waals surface area contributed by atoms with Gasteiger partial charge in [0.05, 0.1) is 29.5 Å². The fourth-order valence-electron chi connectivity index (χ4n) is 2.46. The molecule has 0 radical (unpaired) electrons. The van der Waals surface area contributed by atoms with Gasteiger partial charge in [0.25, 0.3) is 0 Å². The van der Waals surface area contributed by atoms with Crippen LogP contribution in [0.2, 0.25) is 0 Å². The monoisotopic (exact) mass is 250 g/mol. The van der Waals surface area contributed by atoms with E-state index in [-0.39, 0.29) is 5.91 Å². The van der Waals surface area contributed by atoms with Crippen LogP contribution in [0.25, 0.3) is 22.0 Å². The van der Waals surface area contributed by atoms with Gasteiger partial charge in [-0.25, -0.2) is 0 Å². The average Bonchev–Trinajstić information content (AvgIpc) is 3.01. The molecule has 19 heavy (non-hydrogen) atoms. The molecule has 2 aromatic heterocycles. The number of nitrogens with zero attached hydrogens (tertiary/aromatic N) is 2. The molecule has 0 saturated carbocycles. The Hall–Kier alpha value is -2.69. The third-order valence-corrected chi connectivity index (χ3v) is 3.37. The van der Waals surface area contributed by atoms with Gasteiger partial charge in [-0.2, -0.15) is 5.10 Å². The second-order valence-corrected chi connectivity index (χ2v) is 4.58. The van der Waals surface area contributed by atoms with Gasteiger partial charge >= 0.3 is 0 Å². The Balaban J connectivity index is 1.91. The van der Waals surface area contributed by atoms with E-state index in [4.69, 9.17) is 0 Å². The Bertz CT molecular complexity index is 806. The molecule has 2 N–H and O–H groups in total. The third kappa shape index (κ3) is 1.52. The molecule has 1 amide bonds. The van der Waals surface area contributed by atoms with Crippen LogP contribution in [-0.4, -0.2) is 21.1 Å². The van der Waals surface area contributed by atoms with Gasteiger partial charge in [0.15, 0.2) is 0 Å². The van der Waals surface area contributed by atoms with Crippen molar-refractivity contribution in [1.82, 2.24) is 15.2 Å². The summed E-state index contributed by atoms with van der Waals surface area (Å²) in [6.45, 7) is 0. The first-order valence-corrected chi connectivity index (χ1v) is 6.02. The van der Waals surface area contributed by atoms with Gasteiger partial charge in [-0.3, -0.25) is 14.9 Å². The molecule has 0 saturated heterocycles. The summed E-state index contributed by atoms with van der Waals surface area (Å²) in [6, 6.07) is 7.95. The number of carbonyl (C=O) groups excluding carboxylic acids is 1. The molecular formula is C14H10N4O. The first-order chi connectivity index (χ1) is 9.31. The van der Waals surface area contributed by atoms with Crippen LogP contribution in [0.5, 0.6) is 0 Å². The number of nitrogens with one attached hydrogen (secondary N) is 2. The van der Waals surface area contributed by atoms with E-state index in [1.807, 2.05) is 24.3 Å². The first kappa shape index (κ1) is 10.3. The number of pyridine rings is 1. The highest BCUT2D eigenvalue weighted by molar-refractivity contribution is 6.00. The zero-order valence-electron chi connectivity index (χ0n) is 9.97. The van der Waals surface area contributed by atoms with Gasteiger partial charge in [-0.1, -0.05) is 12.1 Å². The normalized spacial score (nSPS) is 13.6. The number of fused-ring (bicyclic) bond motifs is 2. The molecule has 0 bridgehead atoms. The Morgan fingerprint density at radius 1 is 1.21 bits per heavy atom. The summed E-state index contributed by atoms with van der Waals surface area (Å²) in [5, 5.41) is 10.9. The van der Waals surface area contributed by atoms with Crippen LogP contribution in [0.4, 0.5) is 5.69 Å². The Morgan fingerprint density at radius 3 is 3.11 bits per heavy atom. The van der Waals surface area contributed by atoms with E-state index in [0.717, 1.165) is 33.4 Å². The van der Waals surface area contributed by atoms with Crippen LogP contribution in [0.3, 0.4) is 0 Å². The van der Waals surface area contributed by atoms with Crippen LogP contribution in [0, 0.1) is 0 Å². The second kappa shape index (κ2) is 3.65. The number of anilines is 1. The minimum absolute atomic E-state index is 0.00108. The second-order valence-electron chi connectivity index (χ2n) is 4.58. The van der Waals surface area contributed by atoms with Crippen molar-refractivity contribution in [2.24, 2.45) is 0 Å². The quantitative estimate of drug-likeness (QED) is 0.695. The lowest BCUT2D eigenvalue weighted by Crippen LogP contribution is -2.03. The summed E-state index contributed by atoms with van der Waals surface area (Å²) >= 11 is 0. The molecular weight excluding hydrogens is 240 g/mol. The van der Waals surface area contributed by atoms with Gasteiger partial charge in [-0.05, 0) is 17.7 Å². The number of H-pyrrole nitrogens is 1. The summed E-state index contributed by atoms with van der Waals surface area (Å²) in [6.07, 6.45) is 3.98. The predicted octanol–water partition coefficient (Wildman–Crippen LogP) is 2.12. The number of carbonyl (C=O) groups is 1. The van der Waals surface area contributed by atoms with Crippen molar-refractivity contribution in [2.45, 2.75) is 6.42 Å². The predicted molar refractivity (Wildman–Crippen MR) is 71.7 cm³/mol. The van der Waals surface area contributed by atoms with E-state index >= 15 is 0 Å². The zero-order chi connectivity index (χ0) is 12.8. The highest BCUT2D eigenvalue weighted by atomic mass is 16.1. The molecule has 0 atom stereocenters. The number of rotatable bonds is 1. The minimum atomic E-state index is 0.00108. The van der Waals surface area contributed by atoms with E-state index in [0.29, 0.717) is 6.42 Å². The molecule has 1 aliphatic rings. The lowest BCUT2D eigenvalue weighted by molar-refractivity contribution is -0.115. The lowest BCUT2D eigenvalue weighted by atomic mass is 10.0. The van der Waals surface area contributed by atoms with Crippen molar-refractivity contribution in [1.29, 1.82) is 0 Å². The van der Waals surface area contributed by atoms with Crippen LogP contribution in [0.15, 0.2) is 36.7 Å². The van der Waals surface area contributed by atoms with Gasteiger partial charge < -0.3 is 5.32 Å². The topological polar surface area (TPSA) is 70.7 Å². The summed E-state index contributed by atoms with van der Waals surface area (Å²) in [5.74, 6) is 0.00108. The molecule has 0 aliphatic carbocycles. The Morgan fingerprint density at radius 2 is 2.16 bits per heavy atom. The highest BCUT2D eigenvalue weighted by Crippen LogP contribution is 2.31. The molecule has 4 rings (SSSR count). The van der Waals surface area contributed by atoms with Crippen LogP contribution in [-0.2, 0) is 11.2 Å². The number of hydrogen-bond acceptors (Lipinski definition) is 3. The van der Waals surface area contributed by atoms with E-state index in [2.05, 4.69) is 20.5 Å². The van der Waals surface area contributed by atoms with Gasteiger partial charge in [0, 0.05) is 17.1 Å². The van der Waals surface area contributed by atoms with Crippen molar-refractivity contribution in [3.8, 4) is 11.1 Å². The number of hydrogen-bond donors (Lipinski definition) is 2. The largest absolute Gasteiger partial charge is 0.324 e. The van der Waals surface area contributed by atoms with Crippen LogP contribution >= 0.6 is 0 Å². The summed E-state index contributed by atoms with van der Waals surface area (Å²) in [7, 11) is 0. The van der Waals surface area contributed by atoms with E-state index in [1.54, 1.807) is 12.4 Å². The maximum absolute atomic E-state index is 11.4. The maximum atomic E-state index is 11.4. The fraction of sp³-hybridized carbons (Fsp3) is 0.0714. The summed E-state index contributed by atoms with van der Waals surface area (Å²) in [5.41, 5.74) is 4.65. The zero-order valence-corrected chi connectivity index (χ0v) is 9.97. The van der Waals surface area contributed by atoms with Crippen LogP contribution < -0.4 is 5.32 Å². The van der Waals surface area contributed by atoms with E-state index in [1.165, 1.54) is 0 Å². The minimum Gasteiger partial charge on any atom is -0.324 e. The van der Waals surface area contributed by atoms with Crippen molar-refractivity contribution < 1.29 is 4.79 Å². The molecule has 0 unspecified atom stereocenters. The van der Waals surface area contributed by atoms with Crippen molar-refractivity contribution in [3.05, 3.63) is 42.4 Å². The third-order valence-electron chi connectivity index (χ3n) is 3.37. The molecule has 1 aromatic carbocycles. The molecule has 3 aromatic rings. The lowest BCUT2D eigenvalue weighted by Gasteiger charge is -2.05. The molecule has 5 nitrogen and oxygen atoms in total. The van der Waals surface area contributed by atoms with Crippen molar-refractivity contribution in [2.75, 3.05) is 5.32 Å². The summed E-state index contributed by atoms with van der Waals surface area (Å²) < 4.78 is 0. The van der Waals surface area contributed by atoms with Gasteiger partial charge in [-0.15, -0.1) is 0 Å². The maximum Gasteiger partial charge on any atom is 0.230 e. The number of amides is 1. The smallest absolute Gasteiger partial charge is 0.230 e. The number of aromatic amines is 1. The molecule has 92 valence electrons. The SMILES string of the molecule is O=C1Cc2ncc(-c3cccc4[nH]ncc34)cc2N1. The molecule has 3 heterocycles. The first-order valence-electron chi connectivity index (χ1n) is 6.02. The molecule has 0 fully saturated rings. The average molecular weight is 250 g/mol. The van der Waals surface area contributed by atoms with Crippen molar-refractivity contribution >= 4 is 22.5 Å². The fourth-order valence-corrected chi connectivity index (χ4v) is 2.46. The van der Waals surface area contributed by atoms with Gasteiger partial charge in [0.1, 0.15) is 0 Å². The molecule has 5 heteroatoms. The number of benzene rings is 1. The van der Waals surface area contributed by atoms with Crippen LogP contribution in [0.1, 0.15) is 5.69 Å².